The van der Waals surface area contributed by atoms with E-state index in [-0.39, 0.29) is 23.5 Å². The molecule has 1 fully saturated rings. The third-order valence-corrected chi connectivity index (χ3v) is 3.64. The molecule has 1 aliphatic rings. The first-order valence-corrected chi connectivity index (χ1v) is 6.59. The number of carboxylic acid groups (broad SMARTS) is 1. The number of rotatable bonds is 4. The minimum absolute atomic E-state index is 0.00664. The summed E-state index contributed by atoms with van der Waals surface area (Å²) in [4.78, 5) is 28.6. The smallest absolute Gasteiger partial charge is 0.323 e. The molecule has 1 saturated carbocycles. The highest BCUT2D eigenvalue weighted by atomic mass is 35.5. The molecule has 0 unspecified atom stereocenters. The van der Waals surface area contributed by atoms with Crippen molar-refractivity contribution in [2.45, 2.75) is 31.7 Å². The Morgan fingerprint density at radius 2 is 2.11 bits per heavy atom. The molecule has 1 aromatic heterocycles. The van der Waals surface area contributed by atoms with Gasteiger partial charge in [-0.2, -0.15) is 0 Å². The highest BCUT2D eigenvalue weighted by Crippen LogP contribution is 2.26. The Labute approximate surface area is 116 Å². The van der Waals surface area contributed by atoms with Crippen molar-refractivity contribution in [3.8, 4) is 0 Å². The molecule has 1 aromatic rings. The van der Waals surface area contributed by atoms with E-state index in [4.69, 9.17) is 16.7 Å². The Hall–Kier alpha value is -1.62. The van der Waals surface area contributed by atoms with Gasteiger partial charge in [-0.05, 0) is 18.9 Å². The van der Waals surface area contributed by atoms with Gasteiger partial charge in [0.1, 0.15) is 6.54 Å². The van der Waals surface area contributed by atoms with Gasteiger partial charge in [0.2, 0.25) is 0 Å². The van der Waals surface area contributed by atoms with E-state index in [9.17, 15) is 9.59 Å². The second-order valence-corrected chi connectivity index (χ2v) is 5.03. The third kappa shape index (κ3) is 3.23. The summed E-state index contributed by atoms with van der Waals surface area (Å²) in [5.41, 5.74) is 0.310. The van der Waals surface area contributed by atoms with Gasteiger partial charge in [0, 0.05) is 18.4 Å². The fraction of sp³-hybridized carbons (Fsp3) is 0.462. The largest absolute Gasteiger partial charge is 0.480 e. The maximum absolute atomic E-state index is 12.4. The summed E-state index contributed by atoms with van der Waals surface area (Å²) in [7, 11) is 0. The van der Waals surface area contributed by atoms with Crippen LogP contribution in [0.2, 0.25) is 5.02 Å². The molecule has 6 heteroatoms. The molecule has 19 heavy (non-hydrogen) atoms. The van der Waals surface area contributed by atoms with E-state index in [1.165, 1.54) is 23.4 Å². The Morgan fingerprint density at radius 3 is 2.68 bits per heavy atom. The number of aromatic nitrogens is 1. The summed E-state index contributed by atoms with van der Waals surface area (Å²) in [5.74, 6) is -1.34. The number of hydrogen-bond acceptors (Lipinski definition) is 3. The van der Waals surface area contributed by atoms with Gasteiger partial charge in [0.15, 0.2) is 0 Å². The van der Waals surface area contributed by atoms with Crippen LogP contribution in [0.25, 0.3) is 0 Å². The topological polar surface area (TPSA) is 70.5 Å². The van der Waals surface area contributed by atoms with Crippen LogP contribution in [-0.4, -0.2) is 39.5 Å². The molecule has 0 bridgehead atoms. The van der Waals surface area contributed by atoms with Gasteiger partial charge in [-0.3, -0.25) is 14.6 Å². The minimum Gasteiger partial charge on any atom is -0.480 e. The van der Waals surface area contributed by atoms with Gasteiger partial charge in [-0.15, -0.1) is 0 Å². The van der Waals surface area contributed by atoms with Crippen molar-refractivity contribution in [1.29, 1.82) is 0 Å². The van der Waals surface area contributed by atoms with Gasteiger partial charge in [-0.25, -0.2) is 0 Å². The first-order chi connectivity index (χ1) is 9.09. The summed E-state index contributed by atoms with van der Waals surface area (Å²) in [6.07, 6.45) is 6.62. The lowest BCUT2D eigenvalue weighted by Gasteiger charge is -2.27. The fourth-order valence-electron chi connectivity index (χ4n) is 2.43. The van der Waals surface area contributed by atoms with Gasteiger partial charge in [0.05, 0.1) is 10.6 Å². The van der Waals surface area contributed by atoms with Crippen molar-refractivity contribution in [2.75, 3.05) is 6.54 Å². The summed E-state index contributed by atoms with van der Waals surface area (Å²) < 4.78 is 0. The van der Waals surface area contributed by atoms with E-state index in [0.29, 0.717) is 5.56 Å². The SMILES string of the molecule is O=C(O)CN(C(=O)c1ccncc1Cl)C1CCCC1. The second kappa shape index (κ2) is 6.02. The van der Waals surface area contributed by atoms with Gasteiger partial charge in [-0.1, -0.05) is 24.4 Å². The van der Waals surface area contributed by atoms with E-state index < -0.39 is 5.97 Å². The van der Waals surface area contributed by atoms with Crippen LogP contribution in [0, 0.1) is 0 Å². The lowest BCUT2D eigenvalue weighted by molar-refractivity contribution is -0.138. The fourth-order valence-corrected chi connectivity index (χ4v) is 2.63. The van der Waals surface area contributed by atoms with Crippen LogP contribution in [0.4, 0.5) is 0 Å². The number of aliphatic carboxylic acids is 1. The standard InChI is InChI=1S/C13H15ClN2O3/c14-11-7-15-6-5-10(11)13(19)16(8-12(17)18)9-3-1-2-4-9/h5-7,9H,1-4,8H2,(H,17,18). The Bertz CT molecular complexity index is 487. The molecule has 0 radical (unpaired) electrons. The van der Waals surface area contributed by atoms with Gasteiger partial charge in [0.25, 0.3) is 5.91 Å². The average Bonchev–Trinajstić information content (AvgIpc) is 2.89. The van der Waals surface area contributed by atoms with Crippen molar-refractivity contribution in [3.63, 3.8) is 0 Å². The molecule has 0 spiro atoms. The summed E-state index contributed by atoms with van der Waals surface area (Å²) in [5, 5.41) is 9.22. The molecule has 1 amide bonds. The van der Waals surface area contributed by atoms with E-state index in [2.05, 4.69) is 4.98 Å². The molecule has 0 atom stereocenters. The molecule has 0 aromatic carbocycles. The highest BCUT2D eigenvalue weighted by molar-refractivity contribution is 6.33. The van der Waals surface area contributed by atoms with Crippen LogP contribution in [0.15, 0.2) is 18.5 Å². The lowest BCUT2D eigenvalue weighted by atomic mass is 10.1. The Kier molecular flexibility index (Phi) is 4.37. The van der Waals surface area contributed by atoms with Crippen molar-refractivity contribution < 1.29 is 14.7 Å². The molecule has 1 aliphatic carbocycles. The maximum Gasteiger partial charge on any atom is 0.323 e. The van der Waals surface area contributed by atoms with E-state index in [1.807, 2.05) is 0 Å². The number of carbonyl (C=O) groups excluding carboxylic acids is 1. The first kappa shape index (κ1) is 13.8. The van der Waals surface area contributed by atoms with Crippen LogP contribution in [0.3, 0.4) is 0 Å². The molecule has 0 saturated heterocycles. The van der Waals surface area contributed by atoms with E-state index >= 15 is 0 Å². The number of hydrogen-bond donors (Lipinski definition) is 1. The third-order valence-electron chi connectivity index (χ3n) is 3.33. The molecular formula is C13H15ClN2O3. The lowest BCUT2D eigenvalue weighted by Crippen LogP contribution is -2.42. The van der Waals surface area contributed by atoms with Crippen LogP contribution in [-0.2, 0) is 4.79 Å². The minimum atomic E-state index is -1.01. The zero-order chi connectivity index (χ0) is 13.8. The van der Waals surface area contributed by atoms with E-state index in [1.54, 1.807) is 0 Å². The summed E-state index contributed by atoms with van der Waals surface area (Å²) in [6, 6.07) is 1.52. The molecule has 102 valence electrons. The van der Waals surface area contributed by atoms with Gasteiger partial charge < -0.3 is 10.0 Å². The number of nitrogens with zero attached hydrogens (tertiary/aromatic N) is 2. The zero-order valence-electron chi connectivity index (χ0n) is 10.4. The normalized spacial score (nSPS) is 15.4. The van der Waals surface area contributed by atoms with Gasteiger partial charge >= 0.3 is 5.97 Å². The molecule has 1 N–H and O–H groups in total. The van der Waals surface area contributed by atoms with Crippen LogP contribution >= 0.6 is 11.6 Å². The number of carbonyl (C=O) groups is 2. The number of pyridine rings is 1. The first-order valence-electron chi connectivity index (χ1n) is 6.22. The van der Waals surface area contributed by atoms with E-state index in [0.717, 1.165) is 25.7 Å². The number of amides is 1. The molecule has 2 rings (SSSR count). The second-order valence-electron chi connectivity index (χ2n) is 4.62. The predicted molar refractivity (Wildman–Crippen MR) is 70.2 cm³/mol. The monoisotopic (exact) mass is 282 g/mol. The van der Waals surface area contributed by atoms with Crippen LogP contribution in [0.1, 0.15) is 36.0 Å². The maximum atomic E-state index is 12.4. The van der Waals surface area contributed by atoms with Crippen LogP contribution < -0.4 is 0 Å². The summed E-state index contributed by atoms with van der Waals surface area (Å²) in [6.45, 7) is -0.290. The van der Waals surface area contributed by atoms with Crippen molar-refractivity contribution in [1.82, 2.24) is 9.88 Å². The van der Waals surface area contributed by atoms with Crippen molar-refractivity contribution in [2.24, 2.45) is 0 Å². The van der Waals surface area contributed by atoms with Crippen molar-refractivity contribution >= 4 is 23.5 Å². The highest BCUT2D eigenvalue weighted by Gasteiger charge is 2.29. The summed E-state index contributed by atoms with van der Waals surface area (Å²) >= 11 is 5.95. The quantitative estimate of drug-likeness (QED) is 0.919. The predicted octanol–water partition coefficient (Wildman–Crippen LogP) is 2.20. The zero-order valence-corrected chi connectivity index (χ0v) is 11.1. The Balaban J connectivity index is 2.24. The Morgan fingerprint density at radius 1 is 1.42 bits per heavy atom. The average molecular weight is 283 g/mol. The number of halogens is 1. The number of carboxylic acids is 1. The molecule has 0 aliphatic heterocycles. The molecule has 5 nitrogen and oxygen atoms in total. The molecular weight excluding hydrogens is 268 g/mol. The van der Waals surface area contributed by atoms with Crippen molar-refractivity contribution in [3.05, 3.63) is 29.0 Å². The van der Waals surface area contributed by atoms with Crippen LogP contribution in [0.5, 0.6) is 0 Å². The molecule has 1 heterocycles.